The number of nitrogens with one attached hydrogen (secondary N) is 1. The number of aromatic nitrogens is 4. The van der Waals surface area contributed by atoms with E-state index in [9.17, 15) is 4.79 Å². The van der Waals surface area contributed by atoms with Crippen molar-refractivity contribution in [3.05, 3.63) is 66.7 Å². The van der Waals surface area contributed by atoms with Gasteiger partial charge >= 0.3 is 0 Å². The quantitative estimate of drug-likeness (QED) is 0.786. The molecule has 2 aromatic heterocycles. The fourth-order valence-electron chi connectivity index (χ4n) is 2.38. The molecule has 0 fully saturated rings. The first-order chi connectivity index (χ1) is 11.3. The van der Waals surface area contributed by atoms with Gasteiger partial charge < -0.3 is 5.32 Å². The van der Waals surface area contributed by atoms with Crippen LogP contribution in [0, 0.1) is 0 Å². The van der Waals surface area contributed by atoms with E-state index in [1.165, 1.54) is 0 Å². The van der Waals surface area contributed by atoms with Gasteiger partial charge in [-0.3, -0.25) is 4.79 Å². The zero-order chi connectivity index (χ0) is 16.1. The van der Waals surface area contributed by atoms with E-state index in [1.807, 2.05) is 37.3 Å². The Bertz CT molecular complexity index is 753. The van der Waals surface area contributed by atoms with Crippen molar-refractivity contribution in [3.8, 4) is 5.95 Å². The van der Waals surface area contributed by atoms with Crippen molar-refractivity contribution in [3.63, 3.8) is 0 Å². The highest BCUT2D eigenvalue weighted by Crippen LogP contribution is 2.21. The molecule has 0 radical (unpaired) electrons. The van der Waals surface area contributed by atoms with E-state index in [1.54, 1.807) is 35.5 Å². The third-order valence-electron chi connectivity index (χ3n) is 3.54. The van der Waals surface area contributed by atoms with Crippen LogP contribution in [0.5, 0.6) is 0 Å². The van der Waals surface area contributed by atoms with Crippen LogP contribution in [0.4, 0.5) is 5.69 Å². The summed E-state index contributed by atoms with van der Waals surface area (Å²) >= 11 is 0. The lowest BCUT2D eigenvalue weighted by Crippen LogP contribution is -2.21. The molecule has 0 aliphatic rings. The molecular formula is C17H17N5O. The van der Waals surface area contributed by atoms with Crippen LogP contribution < -0.4 is 5.32 Å². The Balaban J connectivity index is 1.72. The summed E-state index contributed by atoms with van der Waals surface area (Å²) in [7, 11) is 0. The molecule has 0 aliphatic heterocycles. The Hall–Kier alpha value is -3.02. The van der Waals surface area contributed by atoms with Crippen molar-refractivity contribution >= 4 is 11.6 Å². The van der Waals surface area contributed by atoms with Gasteiger partial charge in [0, 0.05) is 12.4 Å². The maximum absolute atomic E-state index is 12.5. The van der Waals surface area contributed by atoms with Gasteiger partial charge in [0.25, 0.3) is 5.95 Å². The molecule has 1 aromatic carbocycles. The predicted molar refractivity (Wildman–Crippen MR) is 87.3 cm³/mol. The molecule has 0 saturated carbocycles. The summed E-state index contributed by atoms with van der Waals surface area (Å²) in [6, 6.07) is 11.5. The van der Waals surface area contributed by atoms with Crippen LogP contribution in [0.15, 0.2) is 61.2 Å². The largest absolute Gasteiger partial charge is 0.323 e. The summed E-state index contributed by atoms with van der Waals surface area (Å²) in [5.74, 6) is 0.208. The lowest BCUT2D eigenvalue weighted by molar-refractivity contribution is -0.117. The summed E-state index contributed by atoms with van der Waals surface area (Å²) in [5.41, 5.74) is 1.57. The average molecular weight is 307 g/mol. The van der Waals surface area contributed by atoms with Gasteiger partial charge in [0.1, 0.15) is 0 Å². The predicted octanol–water partition coefficient (Wildman–Crippen LogP) is 2.79. The van der Waals surface area contributed by atoms with E-state index < -0.39 is 0 Å². The molecule has 1 N–H and O–H groups in total. The monoisotopic (exact) mass is 307 g/mol. The fourth-order valence-corrected chi connectivity index (χ4v) is 2.38. The number of carbonyl (C=O) groups excluding carboxylic acids is 1. The standard InChI is InChI=1S/C17H17N5O/c1-2-15(13-7-4-3-5-8-13)16(23)21-14-11-18-17(19-12-14)22-10-6-9-20-22/h3-12,15H,2H2,1H3,(H,21,23). The van der Waals surface area contributed by atoms with Gasteiger partial charge in [0.15, 0.2) is 0 Å². The zero-order valence-corrected chi connectivity index (χ0v) is 12.8. The van der Waals surface area contributed by atoms with Crippen LogP contribution in [-0.4, -0.2) is 25.7 Å². The summed E-state index contributed by atoms with van der Waals surface area (Å²) in [4.78, 5) is 20.9. The lowest BCUT2D eigenvalue weighted by Gasteiger charge is -2.15. The van der Waals surface area contributed by atoms with Gasteiger partial charge in [-0.1, -0.05) is 37.3 Å². The number of nitrogens with zero attached hydrogens (tertiary/aromatic N) is 4. The molecule has 0 bridgehead atoms. The topological polar surface area (TPSA) is 72.7 Å². The smallest absolute Gasteiger partial charge is 0.250 e. The van der Waals surface area contributed by atoms with Crippen molar-refractivity contribution < 1.29 is 4.79 Å². The lowest BCUT2D eigenvalue weighted by atomic mass is 9.95. The number of anilines is 1. The van der Waals surface area contributed by atoms with Crippen molar-refractivity contribution in [2.45, 2.75) is 19.3 Å². The molecule has 1 amide bonds. The molecule has 6 heteroatoms. The minimum absolute atomic E-state index is 0.0610. The Morgan fingerprint density at radius 1 is 1.17 bits per heavy atom. The molecule has 3 rings (SSSR count). The first kappa shape index (κ1) is 14.9. The summed E-state index contributed by atoms with van der Waals surface area (Å²) in [6.07, 6.45) is 7.31. The van der Waals surface area contributed by atoms with Crippen molar-refractivity contribution in [1.82, 2.24) is 19.7 Å². The first-order valence-electron chi connectivity index (χ1n) is 7.46. The van der Waals surface area contributed by atoms with Crippen LogP contribution >= 0.6 is 0 Å². The number of rotatable bonds is 5. The second-order valence-corrected chi connectivity index (χ2v) is 5.08. The normalized spacial score (nSPS) is 11.9. The summed E-state index contributed by atoms with van der Waals surface area (Å²) in [6.45, 7) is 1.99. The van der Waals surface area contributed by atoms with Crippen molar-refractivity contribution in [1.29, 1.82) is 0 Å². The van der Waals surface area contributed by atoms with Crippen LogP contribution in [0.1, 0.15) is 24.8 Å². The number of benzene rings is 1. The van der Waals surface area contributed by atoms with Gasteiger partial charge in [-0.05, 0) is 18.1 Å². The third-order valence-corrected chi connectivity index (χ3v) is 3.54. The van der Waals surface area contributed by atoms with E-state index in [0.717, 1.165) is 12.0 Å². The van der Waals surface area contributed by atoms with E-state index in [4.69, 9.17) is 0 Å². The number of carbonyl (C=O) groups is 1. The summed E-state index contributed by atoms with van der Waals surface area (Å²) < 4.78 is 1.56. The van der Waals surface area contributed by atoms with Gasteiger partial charge in [0.05, 0.1) is 24.0 Å². The molecule has 23 heavy (non-hydrogen) atoms. The Kier molecular flexibility index (Phi) is 4.42. The van der Waals surface area contributed by atoms with Crippen LogP contribution in [-0.2, 0) is 4.79 Å². The molecule has 2 heterocycles. The van der Waals surface area contributed by atoms with Gasteiger partial charge in [-0.2, -0.15) is 5.10 Å². The summed E-state index contributed by atoms with van der Waals surface area (Å²) in [5, 5.41) is 6.93. The van der Waals surface area contributed by atoms with Gasteiger partial charge in [0.2, 0.25) is 5.91 Å². The second-order valence-electron chi connectivity index (χ2n) is 5.08. The Labute approximate surface area is 134 Å². The highest BCUT2D eigenvalue weighted by molar-refractivity contribution is 5.95. The molecular weight excluding hydrogens is 290 g/mol. The number of hydrogen-bond acceptors (Lipinski definition) is 4. The zero-order valence-electron chi connectivity index (χ0n) is 12.8. The Morgan fingerprint density at radius 3 is 2.52 bits per heavy atom. The average Bonchev–Trinajstić information content (AvgIpc) is 3.12. The molecule has 1 unspecified atom stereocenters. The maximum Gasteiger partial charge on any atom is 0.250 e. The maximum atomic E-state index is 12.5. The molecule has 116 valence electrons. The molecule has 0 aliphatic carbocycles. The SMILES string of the molecule is CCC(C(=O)Nc1cnc(-n2cccn2)nc1)c1ccccc1. The molecule has 6 nitrogen and oxygen atoms in total. The van der Waals surface area contributed by atoms with Crippen molar-refractivity contribution in [2.75, 3.05) is 5.32 Å². The van der Waals surface area contributed by atoms with Crippen LogP contribution in [0.2, 0.25) is 0 Å². The second kappa shape index (κ2) is 6.83. The molecule has 1 atom stereocenters. The van der Waals surface area contributed by atoms with Gasteiger partial charge in [-0.15, -0.1) is 0 Å². The fraction of sp³-hybridized carbons (Fsp3) is 0.176. The molecule has 0 saturated heterocycles. The molecule has 3 aromatic rings. The van der Waals surface area contributed by atoms with Crippen LogP contribution in [0.25, 0.3) is 5.95 Å². The van der Waals surface area contributed by atoms with E-state index in [-0.39, 0.29) is 11.8 Å². The third kappa shape index (κ3) is 3.42. The first-order valence-corrected chi connectivity index (χ1v) is 7.46. The number of hydrogen-bond donors (Lipinski definition) is 1. The van der Waals surface area contributed by atoms with E-state index in [2.05, 4.69) is 20.4 Å². The van der Waals surface area contributed by atoms with Gasteiger partial charge in [-0.25, -0.2) is 14.6 Å². The number of amides is 1. The van der Waals surface area contributed by atoms with Crippen molar-refractivity contribution in [2.24, 2.45) is 0 Å². The minimum Gasteiger partial charge on any atom is -0.323 e. The minimum atomic E-state index is -0.193. The van der Waals surface area contributed by atoms with E-state index in [0.29, 0.717) is 11.6 Å². The van der Waals surface area contributed by atoms with Crippen LogP contribution in [0.3, 0.4) is 0 Å². The highest BCUT2D eigenvalue weighted by atomic mass is 16.1. The Morgan fingerprint density at radius 2 is 1.91 bits per heavy atom. The van der Waals surface area contributed by atoms with E-state index >= 15 is 0 Å². The highest BCUT2D eigenvalue weighted by Gasteiger charge is 2.18. The molecule has 0 spiro atoms.